The predicted octanol–water partition coefficient (Wildman–Crippen LogP) is 5.56. The summed E-state index contributed by atoms with van der Waals surface area (Å²) in [7, 11) is -7.68. The third-order valence-corrected chi connectivity index (χ3v) is 10.1. The van der Waals surface area contributed by atoms with Crippen molar-refractivity contribution < 1.29 is 30.2 Å². The number of rotatable bonds is 6. The molecule has 0 N–H and O–H groups in total. The highest BCUT2D eigenvalue weighted by atomic mass is 32.2. The van der Waals surface area contributed by atoms with Crippen molar-refractivity contribution in [3.8, 4) is 5.75 Å². The normalized spacial score (nSPS) is 14.0. The van der Waals surface area contributed by atoms with Gasteiger partial charge in [0.15, 0.2) is 8.32 Å². The predicted molar refractivity (Wildman–Crippen MR) is 98.1 cm³/mol. The van der Waals surface area contributed by atoms with Gasteiger partial charge in [-0.15, -0.1) is 0 Å². The van der Waals surface area contributed by atoms with Gasteiger partial charge in [-0.05, 0) is 47.3 Å². The standard InChI is InChI=1S/C17H27F3O4SSi/c1-12(2)15-10-14(24-25(21,22)17(18,19)20)9-8-13(15)11-23-26(6,7)16(3,4)5/h8-10,12H,11H2,1-7H3. The van der Waals surface area contributed by atoms with Crippen LogP contribution in [0.3, 0.4) is 0 Å². The molecule has 0 unspecified atom stereocenters. The Bertz CT molecular complexity index is 735. The van der Waals surface area contributed by atoms with E-state index < -0.39 is 23.9 Å². The largest absolute Gasteiger partial charge is 0.534 e. The second kappa shape index (κ2) is 7.51. The lowest BCUT2D eigenvalue weighted by Gasteiger charge is -2.36. The van der Waals surface area contributed by atoms with Crippen LogP contribution in [0.1, 0.15) is 51.7 Å². The van der Waals surface area contributed by atoms with Gasteiger partial charge in [0.2, 0.25) is 0 Å². The zero-order valence-electron chi connectivity index (χ0n) is 16.2. The summed E-state index contributed by atoms with van der Waals surface area (Å²) in [6.45, 7) is 14.6. The number of halogens is 3. The first-order chi connectivity index (χ1) is 11.5. The Morgan fingerprint density at radius 2 is 1.65 bits per heavy atom. The first-order valence-corrected chi connectivity index (χ1v) is 12.6. The molecular formula is C17H27F3O4SSi. The average molecular weight is 413 g/mol. The molecule has 9 heteroatoms. The monoisotopic (exact) mass is 412 g/mol. The van der Waals surface area contributed by atoms with Crippen LogP contribution in [0.15, 0.2) is 18.2 Å². The van der Waals surface area contributed by atoms with Crippen molar-refractivity contribution in [2.75, 3.05) is 0 Å². The van der Waals surface area contributed by atoms with Crippen molar-refractivity contribution in [1.29, 1.82) is 0 Å². The van der Waals surface area contributed by atoms with Gasteiger partial charge in [0, 0.05) is 0 Å². The Morgan fingerprint density at radius 3 is 2.08 bits per heavy atom. The van der Waals surface area contributed by atoms with E-state index in [1.54, 1.807) is 6.07 Å². The summed E-state index contributed by atoms with van der Waals surface area (Å²) in [5, 5.41) is 0.0227. The summed E-state index contributed by atoms with van der Waals surface area (Å²) in [6.07, 6.45) is 0. The molecule has 1 rings (SSSR count). The number of alkyl halides is 3. The van der Waals surface area contributed by atoms with E-state index in [2.05, 4.69) is 38.0 Å². The van der Waals surface area contributed by atoms with Crippen LogP contribution in [-0.4, -0.2) is 22.2 Å². The zero-order valence-corrected chi connectivity index (χ0v) is 18.0. The highest BCUT2D eigenvalue weighted by molar-refractivity contribution is 7.88. The molecule has 150 valence electrons. The molecule has 0 radical (unpaired) electrons. The molecule has 1 aromatic rings. The van der Waals surface area contributed by atoms with Crippen molar-refractivity contribution in [3.63, 3.8) is 0 Å². The molecule has 0 aliphatic heterocycles. The summed E-state index contributed by atoms with van der Waals surface area (Å²) in [6, 6.07) is 4.11. The number of benzene rings is 1. The molecule has 0 saturated heterocycles. The van der Waals surface area contributed by atoms with E-state index in [0.717, 1.165) is 5.56 Å². The van der Waals surface area contributed by atoms with Gasteiger partial charge in [0.25, 0.3) is 0 Å². The van der Waals surface area contributed by atoms with Gasteiger partial charge >= 0.3 is 15.6 Å². The van der Waals surface area contributed by atoms with E-state index in [9.17, 15) is 21.6 Å². The Kier molecular flexibility index (Phi) is 6.64. The second-order valence-electron chi connectivity index (χ2n) is 8.05. The van der Waals surface area contributed by atoms with Crippen molar-refractivity contribution in [2.24, 2.45) is 0 Å². The number of hydrogen-bond acceptors (Lipinski definition) is 4. The SMILES string of the molecule is CC(C)c1cc(OS(=O)(=O)C(F)(F)F)ccc1CO[Si](C)(C)C(C)(C)C. The highest BCUT2D eigenvalue weighted by Crippen LogP contribution is 2.38. The topological polar surface area (TPSA) is 52.6 Å². The van der Waals surface area contributed by atoms with Gasteiger partial charge in [0.05, 0.1) is 6.61 Å². The third kappa shape index (κ3) is 5.47. The summed E-state index contributed by atoms with van der Waals surface area (Å²) >= 11 is 0. The summed E-state index contributed by atoms with van der Waals surface area (Å²) in [5.74, 6) is -0.396. The zero-order chi connectivity index (χ0) is 20.6. The fourth-order valence-electron chi connectivity index (χ4n) is 1.94. The molecule has 0 bridgehead atoms. The minimum absolute atomic E-state index is 0.0227. The lowest BCUT2D eigenvalue weighted by atomic mass is 9.97. The fourth-order valence-corrected chi connectivity index (χ4v) is 3.34. The van der Waals surface area contributed by atoms with Gasteiger partial charge in [-0.2, -0.15) is 21.6 Å². The van der Waals surface area contributed by atoms with Crippen molar-refractivity contribution in [3.05, 3.63) is 29.3 Å². The van der Waals surface area contributed by atoms with E-state index in [4.69, 9.17) is 4.43 Å². The Labute approximate surface area is 155 Å². The molecule has 4 nitrogen and oxygen atoms in total. The van der Waals surface area contributed by atoms with E-state index in [-0.39, 0.29) is 16.7 Å². The summed E-state index contributed by atoms with van der Waals surface area (Å²) in [5.41, 5.74) is -3.96. The third-order valence-electron chi connectivity index (χ3n) is 4.62. The van der Waals surface area contributed by atoms with Crippen LogP contribution in [0.25, 0.3) is 0 Å². The van der Waals surface area contributed by atoms with E-state index in [1.165, 1.54) is 12.1 Å². The molecule has 1 aromatic carbocycles. The molecular weight excluding hydrogens is 385 g/mol. The Balaban J connectivity index is 3.11. The van der Waals surface area contributed by atoms with Crippen LogP contribution in [0.5, 0.6) is 5.75 Å². The lowest BCUT2D eigenvalue weighted by molar-refractivity contribution is -0.0500. The highest BCUT2D eigenvalue weighted by Gasteiger charge is 2.48. The minimum atomic E-state index is -5.69. The Hall–Kier alpha value is -1.06. The maximum Gasteiger partial charge on any atom is 0.534 e. The average Bonchev–Trinajstić information content (AvgIpc) is 2.42. The molecule has 0 spiro atoms. The summed E-state index contributed by atoms with van der Waals surface area (Å²) < 4.78 is 70.2. The van der Waals surface area contributed by atoms with Crippen molar-refractivity contribution in [1.82, 2.24) is 0 Å². The van der Waals surface area contributed by atoms with Gasteiger partial charge in [-0.3, -0.25) is 0 Å². The van der Waals surface area contributed by atoms with Gasteiger partial charge in [0.1, 0.15) is 5.75 Å². The van der Waals surface area contributed by atoms with E-state index in [1.807, 2.05) is 13.8 Å². The van der Waals surface area contributed by atoms with Crippen LogP contribution in [-0.2, 0) is 21.2 Å². The first-order valence-electron chi connectivity index (χ1n) is 8.25. The summed E-state index contributed by atoms with van der Waals surface area (Å²) in [4.78, 5) is 0. The maximum absolute atomic E-state index is 12.5. The molecule has 0 saturated carbocycles. The fraction of sp³-hybridized carbons (Fsp3) is 0.647. The van der Waals surface area contributed by atoms with Crippen LogP contribution in [0, 0.1) is 0 Å². The van der Waals surface area contributed by atoms with Gasteiger partial charge in [-0.1, -0.05) is 40.7 Å². The van der Waals surface area contributed by atoms with E-state index in [0.29, 0.717) is 12.2 Å². The van der Waals surface area contributed by atoms with Crippen LogP contribution in [0.4, 0.5) is 13.2 Å². The van der Waals surface area contributed by atoms with E-state index >= 15 is 0 Å². The first kappa shape index (κ1) is 23.0. The molecule has 0 aliphatic carbocycles. The van der Waals surface area contributed by atoms with Crippen LogP contribution in [0.2, 0.25) is 18.1 Å². The minimum Gasteiger partial charge on any atom is -0.413 e. The molecule has 26 heavy (non-hydrogen) atoms. The maximum atomic E-state index is 12.5. The van der Waals surface area contributed by atoms with Gasteiger partial charge in [-0.25, -0.2) is 0 Å². The smallest absolute Gasteiger partial charge is 0.413 e. The quantitative estimate of drug-likeness (QED) is 0.349. The van der Waals surface area contributed by atoms with Crippen molar-refractivity contribution >= 4 is 18.4 Å². The van der Waals surface area contributed by atoms with Crippen LogP contribution < -0.4 is 4.18 Å². The second-order valence-corrected chi connectivity index (χ2v) is 14.4. The molecule has 0 aliphatic rings. The molecule has 0 aromatic heterocycles. The molecule has 0 amide bonds. The molecule has 0 heterocycles. The van der Waals surface area contributed by atoms with Crippen LogP contribution >= 0.6 is 0 Å². The van der Waals surface area contributed by atoms with Crippen molar-refractivity contribution in [2.45, 2.75) is 70.8 Å². The lowest BCUT2D eigenvalue weighted by Crippen LogP contribution is -2.40. The van der Waals surface area contributed by atoms with Gasteiger partial charge < -0.3 is 8.61 Å². The number of hydrogen-bond donors (Lipinski definition) is 0. The Morgan fingerprint density at radius 1 is 1.12 bits per heavy atom. The molecule has 0 atom stereocenters. The molecule has 0 fully saturated rings.